The Morgan fingerprint density at radius 2 is 1.87 bits per heavy atom. The molecule has 0 aliphatic heterocycles. The minimum Gasteiger partial charge on any atom is -0.372 e. The van der Waals surface area contributed by atoms with E-state index >= 15 is 0 Å². The first-order valence-electron chi connectivity index (χ1n) is 5.05. The predicted molar refractivity (Wildman–Crippen MR) is 63.3 cm³/mol. The molecule has 3 heteroatoms. The molecule has 2 aromatic rings. The Morgan fingerprint density at radius 1 is 1.13 bits per heavy atom. The highest BCUT2D eigenvalue weighted by Gasteiger charge is 2.06. The fourth-order valence-corrected chi connectivity index (χ4v) is 1.69. The van der Waals surface area contributed by atoms with E-state index in [9.17, 15) is 0 Å². The van der Waals surface area contributed by atoms with Gasteiger partial charge in [0.25, 0.3) is 0 Å². The van der Waals surface area contributed by atoms with Crippen molar-refractivity contribution in [2.24, 2.45) is 0 Å². The van der Waals surface area contributed by atoms with Gasteiger partial charge in [-0.15, -0.1) is 0 Å². The topological polar surface area (TPSA) is 37.8 Å². The lowest BCUT2D eigenvalue weighted by molar-refractivity contribution is 1.21. The highest BCUT2D eigenvalue weighted by molar-refractivity contribution is 5.81. The minimum atomic E-state index is 0.814. The third-order valence-electron chi connectivity index (χ3n) is 2.92. The summed E-state index contributed by atoms with van der Waals surface area (Å²) in [5, 5.41) is 3.01. The number of hydrogen-bond acceptors (Lipinski definition) is 3. The number of benzene rings is 1. The third kappa shape index (κ3) is 1.54. The van der Waals surface area contributed by atoms with Crippen LogP contribution in [0.5, 0.6) is 0 Å². The highest BCUT2D eigenvalue weighted by Crippen LogP contribution is 2.22. The van der Waals surface area contributed by atoms with Gasteiger partial charge in [-0.05, 0) is 43.5 Å². The first-order chi connectivity index (χ1) is 7.13. The smallest absolute Gasteiger partial charge is 0.145 e. The molecule has 78 valence electrons. The average Bonchev–Trinajstić information content (AvgIpc) is 2.26. The van der Waals surface area contributed by atoms with Crippen molar-refractivity contribution in [2.45, 2.75) is 20.8 Å². The first kappa shape index (κ1) is 9.90. The maximum Gasteiger partial charge on any atom is 0.145 e. The number of aryl methyl sites for hydroxylation is 2. The molecular formula is C12H15N3. The zero-order valence-electron chi connectivity index (χ0n) is 9.55. The zero-order chi connectivity index (χ0) is 11.0. The molecule has 0 atom stereocenters. The van der Waals surface area contributed by atoms with E-state index in [4.69, 9.17) is 0 Å². The quantitative estimate of drug-likeness (QED) is 0.770. The van der Waals surface area contributed by atoms with E-state index in [1.807, 2.05) is 7.05 Å². The van der Waals surface area contributed by atoms with E-state index in [1.54, 1.807) is 6.20 Å². The molecule has 0 aliphatic rings. The first-order valence-corrected chi connectivity index (χ1v) is 5.05. The Labute approximate surface area is 89.6 Å². The molecule has 2 rings (SSSR count). The van der Waals surface area contributed by atoms with Crippen LogP contribution in [0.25, 0.3) is 11.0 Å². The molecule has 1 heterocycles. The van der Waals surface area contributed by atoms with Crippen molar-refractivity contribution < 1.29 is 0 Å². The van der Waals surface area contributed by atoms with E-state index in [1.165, 1.54) is 16.7 Å². The monoisotopic (exact) mass is 201 g/mol. The molecule has 0 bridgehead atoms. The van der Waals surface area contributed by atoms with Crippen LogP contribution in [0.2, 0.25) is 0 Å². The van der Waals surface area contributed by atoms with E-state index in [0.29, 0.717) is 0 Å². The van der Waals surface area contributed by atoms with Crippen molar-refractivity contribution in [1.82, 2.24) is 9.97 Å². The predicted octanol–water partition coefficient (Wildman–Crippen LogP) is 2.60. The van der Waals surface area contributed by atoms with E-state index < -0.39 is 0 Å². The lowest BCUT2D eigenvalue weighted by Gasteiger charge is -2.09. The maximum atomic E-state index is 4.52. The van der Waals surface area contributed by atoms with Crippen LogP contribution in [-0.4, -0.2) is 17.0 Å². The van der Waals surface area contributed by atoms with Crippen LogP contribution in [-0.2, 0) is 0 Å². The standard InChI is InChI=1S/C12H15N3/c1-7-5-10-12(9(3)8(7)2)15-11(13-4)6-14-10/h5-6H,1-4H3,(H,13,15). The molecule has 0 saturated carbocycles. The SMILES string of the molecule is CNc1cnc2cc(C)c(C)c(C)c2n1. The van der Waals surface area contributed by atoms with E-state index in [2.05, 4.69) is 42.1 Å². The van der Waals surface area contributed by atoms with Gasteiger partial charge in [-0.2, -0.15) is 0 Å². The summed E-state index contributed by atoms with van der Waals surface area (Å²) in [5.41, 5.74) is 5.74. The van der Waals surface area contributed by atoms with Crippen molar-refractivity contribution in [2.75, 3.05) is 12.4 Å². The van der Waals surface area contributed by atoms with Crippen LogP contribution in [0.15, 0.2) is 12.3 Å². The molecule has 0 unspecified atom stereocenters. The average molecular weight is 201 g/mol. The van der Waals surface area contributed by atoms with Crippen molar-refractivity contribution in [3.05, 3.63) is 29.0 Å². The molecule has 0 amide bonds. The van der Waals surface area contributed by atoms with Gasteiger partial charge < -0.3 is 5.32 Å². The molecule has 0 saturated heterocycles. The molecule has 1 aromatic carbocycles. The number of aromatic nitrogens is 2. The lowest BCUT2D eigenvalue weighted by Crippen LogP contribution is -1.97. The highest BCUT2D eigenvalue weighted by atomic mass is 15.0. The lowest BCUT2D eigenvalue weighted by atomic mass is 10.0. The number of fused-ring (bicyclic) bond motifs is 1. The second-order valence-electron chi connectivity index (χ2n) is 3.82. The Balaban J connectivity index is 2.81. The second kappa shape index (κ2) is 3.50. The van der Waals surface area contributed by atoms with Crippen LogP contribution < -0.4 is 5.32 Å². The molecule has 1 N–H and O–H groups in total. The number of nitrogens with one attached hydrogen (secondary N) is 1. The third-order valence-corrected chi connectivity index (χ3v) is 2.92. The number of anilines is 1. The Kier molecular flexibility index (Phi) is 2.31. The minimum absolute atomic E-state index is 0.814. The molecule has 0 spiro atoms. The van der Waals surface area contributed by atoms with Crippen LogP contribution in [0.1, 0.15) is 16.7 Å². The maximum absolute atomic E-state index is 4.52. The van der Waals surface area contributed by atoms with Gasteiger partial charge in [-0.3, -0.25) is 4.98 Å². The van der Waals surface area contributed by atoms with Crippen molar-refractivity contribution in [3.63, 3.8) is 0 Å². The zero-order valence-corrected chi connectivity index (χ0v) is 9.55. The molecule has 15 heavy (non-hydrogen) atoms. The molecule has 1 aromatic heterocycles. The van der Waals surface area contributed by atoms with E-state index in [-0.39, 0.29) is 0 Å². The van der Waals surface area contributed by atoms with Gasteiger partial charge in [0.05, 0.1) is 17.2 Å². The summed E-state index contributed by atoms with van der Waals surface area (Å²) in [4.78, 5) is 8.91. The summed E-state index contributed by atoms with van der Waals surface area (Å²) >= 11 is 0. The molecule has 0 radical (unpaired) electrons. The van der Waals surface area contributed by atoms with Gasteiger partial charge in [0.15, 0.2) is 0 Å². The fourth-order valence-electron chi connectivity index (χ4n) is 1.69. The van der Waals surface area contributed by atoms with Crippen molar-refractivity contribution in [1.29, 1.82) is 0 Å². The summed E-state index contributed by atoms with van der Waals surface area (Å²) in [7, 11) is 1.85. The summed E-state index contributed by atoms with van der Waals surface area (Å²) in [6, 6.07) is 2.09. The molecular weight excluding hydrogens is 186 g/mol. The van der Waals surface area contributed by atoms with Crippen LogP contribution >= 0.6 is 0 Å². The van der Waals surface area contributed by atoms with Gasteiger partial charge in [-0.25, -0.2) is 4.98 Å². The van der Waals surface area contributed by atoms with Crippen molar-refractivity contribution in [3.8, 4) is 0 Å². The second-order valence-corrected chi connectivity index (χ2v) is 3.82. The summed E-state index contributed by atoms with van der Waals surface area (Å²) in [6.45, 7) is 6.33. The number of hydrogen-bond donors (Lipinski definition) is 1. The normalized spacial score (nSPS) is 10.7. The van der Waals surface area contributed by atoms with Gasteiger partial charge in [-0.1, -0.05) is 0 Å². The summed E-state index contributed by atoms with van der Waals surface area (Å²) in [5.74, 6) is 0.814. The molecule has 3 nitrogen and oxygen atoms in total. The van der Waals surface area contributed by atoms with Crippen LogP contribution in [0, 0.1) is 20.8 Å². The van der Waals surface area contributed by atoms with Crippen LogP contribution in [0.3, 0.4) is 0 Å². The van der Waals surface area contributed by atoms with Gasteiger partial charge in [0.2, 0.25) is 0 Å². The Morgan fingerprint density at radius 3 is 2.53 bits per heavy atom. The Hall–Kier alpha value is -1.64. The van der Waals surface area contributed by atoms with Crippen molar-refractivity contribution >= 4 is 16.9 Å². The van der Waals surface area contributed by atoms with E-state index in [0.717, 1.165) is 16.9 Å². The summed E-state index contributed by atoms with van der Waals surface area (Å²) < 4.78 is 0. The number of rotatable bonds is 1. The Bertz CT molecular complexity index is 518. The molecule has 0 fully saturated rings. The van der Waals surface area contributed by atoms with Gasteiger partial charge in [0, 0.05) is 7.05 Å². The van der Waals surface area contributed by atoms with Gasteiger partial charge in [0.1, 0.15) is 5.82 Å². The van der Waals surface area contributed by atoms with Gasteiger partial charge >= 0.3 is 0 Å². The number of nitrogens with zero attached hydrogens (tertiary/aromatic N) is 2. The van der Waals surface area contributed by atoms with Crippen LogP contribution in [0.4, 0.5) is 5.82 Å². The fraction of sp³-hybridized carbons (Fsp3) is 0.333. The summed E-state index contributed by atoms with van der Waals surface area (Å²) in [6.07, 6.45) is 1.76. The molecule has 0 aliphatic carbocycles. The largest absolute Gasteiger partial charge is 0.372 e.